The summed E-state index contributed by atoms with van der Waals surface area (Å²) in [7, 11) is 0. The highest BCUT2D eigenvalue weighted by atomic mass is 16.3. The van der Waals surface area contributed by atoms with Gasteiger partial charge >= 0.3 is 0 Å². The molecular weight excluding hydrogens is 685 g/mol. The Morgan fingerprint density at radius 2 is 1.18 bits per heavy atom. The Morgan fingerprint density at radius 3 is 1.68 bits per heavy atom. The molecule has 0 bridgehead atoms. The van der Waals surface area contributed by atoms with Crippen molar-refractivity contribution in [2.24, 2.45) is 0 Å². The molecule has 2 heterocycles. The zero-order valence-electron chi connectivity index (χ0n) is 33.4. The van der Waals surface area contributed by atoms with Crippen molar-refractivity contribution in [1.82, 2.24) is 15.0 Å². The maximum Gasteiger partial charge on any atom is 0.155 e. The van der Waals surface area contributed by atoms with E-state index in [1.54, 1.807) is 42.5 Å². The van der Waals surface area contributed by atoms with Gasteiger partial charge in [0, 0.05) is 33.9 Å². The van der Waals surface area contributed by atoms with Crippen LogP contribution in [0.4, 0.5) is 11.4 Å². The van der Waals surface area contributed by atoms with Crippen LogP contribution in [0.3, 0.4) is 0 Å². The molecule has 288 valence electrons. The summed E-state index contributed by atoms with van der Waals surface area (Å²) in [6.45, 7) is 47.9. The highest BCUT2D eigenvalue weighted by Crippen LogP contribution is 2.39. The second-order valence-electron chi connectivity index (χ2n) is 10.1. The molecule has 5 rings (SSSR count). The van der Waals surface area contributed by atoms with Crippen molar-refractivity contribution in [1.29, 1.82) is 0 Å². The van der Waals surface area contributed by atoms with Gasteiger partial charge in [-0.25, -0.2) is 15.0 Å². The largest absolute Gasteiger partial charge is 0.456 e. The van der Waals surface area contributed by atoms with Crippen molar-refractivity contribution < 1.29 is 4.42 Å². The molecule has 0 saturated heterocycles. The van der Waals surface area contributed by atoms with Crippen LogP contribution in [0.25, 0.3) is 33.6 Å². The minimum absolute atomic E-state index is 0.589. The van der Waals surface area contributed by atoms with E-state index in [0.717, 1.165) is 50.1 Å². The molecule has 0 saturated carbocycles. The first kappa shape index (κ1) is 50.7. The lowest BCUT2D eigenvalue weighted by Crippen LogP contribution is -2.14. The second-order valence-corrected chi connectivity index (χ2v) is 10.1. The summed E-state index contributed by atoms with van der Waals surface area (Å²) in [5, 5.41) is 2.06. The van der Waals surface area contributed by atoms with Crippen molar-refractivity contribution in [2.45, 2.75) is 13.8 Å². The topological polar surface area (TPSA) is 55.1 Å². The standard InChI is InChI=1S/C33H26N4O.2C4H6.2C3H6.2C2H4/c1-4-12-25(6-3)37(26-14-8-7-9-15-26)27-19-20-29-31(21-27)38-30-17-11-16-28(33(29)30)24(5-2)13-10-18-32-35-22-34-23-36-32;2*1-3-4-2;2*1-3-2;2*1-2/h4-23H,1-3H2;2*3-4H,1-2H2;2*3H,1H2,2H3;2*1-2H2/b18-10+,24-13+,25-12+;;;;;;. The van der Waals surface area contributed by atoms with Crippen LogP contribution in [-0.2, 0) is 0 Å². The average Bonchev–Trinajstić information content (AvgIpc) is 3.63. The zero-order chi connectivity index (χ0) is 42.6. The van der Waals surface area contributed by atoms with Crippen LogP contribution in [0.2, 0.25) is 0 Å². The van der Waals surface area contributed by atoms with E-state index in [2.05, 4.69) is 142 Å². The van der Waals surface area contributed by atoms with E-state index in [9.17, 15) is 0 Å². The summed E-state index contributed by atoms with van der Waals surface area (Å²) in [4.78, 5) is 14.2. The fraction of sp³-hybridized carbons (Fsp3) is 0.0392. The molecule has 0 N–H and O–H groups in total. The quantitative estimate of drug-likeness (QED) is 0.0996. The molecule has 3 aromatic carbocycles. The first-order chi connectivity index (χ1) is 27.4. The maximum atomic E-state index is 6.36. The SMILES string of the molecule is C=C.C=C.C=C/C=C(\C=C)N(c1ccccc1)c1ccc2c(c1)oc1cccc(/C(C=C)=C/C=C/c3ncncn3)c12.C=CC.C=CC.C=CC=C.C=CC=C. The van der Waals surface area contributed by atoms with E-state index in [0.29, 0.717) is 5.82 Å². The molecule has 0 radical (unpaired) electrons. The summed E-state index contributed by atoms with van der Waals surface area (Å²) < 4.78 is 6.36. The number of fused-ring (bicyclic) bond motifs is 3. The Morgan fingerprint density at radius 1 is 0.607 bits per heavy atom. The lowest BCUT2D eigenvalue weighted by Gasteiger charge is -2.26. The Kier molecular flexibility index (Phi) is 30.3. The summed E-state index contributed by atoms with van der Waals surface area (Å²) in [6.07, 6.45) is 26.1. The highest BCUT2D eigenvalue weighted by Gasteiger charge is 2.17. The van der Waals surface area contributed by atoms with Crippen molar-refractivity contribution in [3.8, 4) is 0 Å². The molecular formula is C51H58N4O. The molecule has 0 aliphatic rings. The van der Waals surface area contributed by atoms with Crippen LogP contribution in [0.15, 0.2) is 248 Å². The Balaban J connectivity index is 0. The van der Waals surface area contributed by atoms with Crippen LogP contribution < -0.4 is 4.90 Å². The number of furan rings is 1. The first-order valence-electron chi connectivity index (χ1n) is 17.4. The molecule has 5 heteroatoms. The van der Waals surface area contributed by atoms with Gasteiger partial charge in [0.05, 0.1) is 0 Å². The summed E-state index contributed by atoms with van der Waals surface area (Å²) in [5.74, 6) is 0.589. The minimum atomic E-state index is 0.589. The van der Waals surface area contributed by atoms with Gasteiger partial charge in [-0.05, 0) is 73.5 Å². The molecule has 0 fully saturated rings. The van der Waals surface area contributed by atoms with Gasteiger partial charge in [-0.1, -0.05) is 137 Å². The van der Waals surface area contributed by atoms with E-state index < -0.39 is 0 Å². The van der Waals surface area contributed by atoms with Gasteiger partial charge in [0.15, 0.2) is 5.82 Å². The third-order valence-electron chi connectivity index (χ3n) is 6.41. The average molecular weight is 743 g/mol. The molecule has 2 aromatic heterocycles. The summed E-state index contributed by atoms with van der Waals surface area (Å²) >= 11 is 0. The minimum Gasteiger partial charge on any atom is -0.456 e. The smallest absolute Gasteiger partial charge is 0.155 e. The van der Waals surface area contributed by atoms with Gasteiger partial charge < -0.3 is 9.32 Å². The molecule has 0 aliphatic heterocycles. The van der Waals surface area contributed by atoms with Gasteiger partial charge in [0.25, 0.3) is 0 Å². The number of hydrogen-bond donors (Lipinski definition) is 0. The number of nitrogens with zero attached hydrogens (tertiary/aromatic N) is 4. The predicted octanol–water partition coefficient (Wildman–Crippen LogP) is 15.2. The fourth-order valence-electron chi connectivity index (χ4n) is 4.41. The van der Waals surface area contributed by atoms with Crippen molar-refractivity contribution in [3.05, 3.63) is 255 Å². The Bertz CT molecular complexity index is 2010. The molecule has 0 unspecified atom stereocenters. The number of rotatable bonds is 11. The molecule has 56 heavy (non-hydrogen) atoms. The van der Waals surface area contributed by atoms with Crippen molar-refractivity contribution in [2.75, 3.05) is 4.90 Å². The number of hydrogen-bond acceptors (Lipinski definition) is 5. The predicted molar refractivity (Wildman–Crippen MR) is 253 cm³/mol. The molecule has 5 aromatic rings. The summed E-state index contributed by atoms with van der Waals surface area (Å²) in [5.41, 5.74) is 6.46. The normalized spacial score (nSPS) is 9.61. The molecule has 0 amide bonds. The van der Waals surface area contributed by atoms with E-state index >= 15 is 0 Å². The third-order valence-corrected chi connectivity index (χ3v) is 6.41. The van der Waals surface area contributed by atoms with Crippen LogP contribution in [-0.4, -0.2) is 15.0 Å². The molecule has 0 spiro atoms. The van der Waals surface area contributed by atoms with Gasteiger partial charge in [0.2, 0.25) is 0 Å². The highest BCUT2D eigenvalue weighted by molar-refractivity contribution is 6.11. The van der Waals surface area contributed by atoms with Crippen LogP contribution in [0.5, 0.6) is 0 Å². The second kappa shape index (κ2) is 33.5. The monoisotopic (exact) mass is 742 g/mol. The lowest BCUT2D eigenvalue weighted by molar-refractivity contribution is 0.669. The van der Waals surface area contributed by atoms with Gasteiger partial charge in [-0.3, -0.25) is 0 Å². The van der Waals surface area contributed by atoms with Crippen LogP contribution >= 0.6 is 0 Å². The van der Waals surface area contributed by atoms with Crippen LogP contribution in [0, 0.1) is 0 Å². The molecule has 0 aliphatic carbocycles. The molecule has 0 atom stereocenters. The first-order valence-corrected chi connectivity index (χ1v) is 17.4. The van der Waals surface area contributed by atoms with Crippen molar-refractivity contribution >= 4 is 45.0 Å². The Hall–Kier alpha value is -7.37. The Labute approximate surface area is 336 Å². The fourth-order valence-corrected chi connectivity index (χ4v) is 4.41. The van der Waals surface area contributed by atoms with E-state index in [4.69, 9.17) is 4.42 Å². The van der Waals surface area contributed by atoms with Crippen molar-refractivity contribution in [3.63, 3.8) is 0 Å². The third kappa shape index (κ3) is 17.4. The van der Waals surface area contributed by atoms with Gasteiger partial charge in [-0.2, -0.15) is 0 Å². The van der Waals surface area contributed by atoms with Gasteiger partial charge in [0.1, 0.15) is 23.8 Å². The number of para-hydroxylation sites is 1. The van der Waals surface area contributed by atoms with Crippen LogP contribution in [0.1, 0.15) is 25.2 Å². The van der Waals surface area contributed by atoms with E-state index in [-0.39, 0.29) is 0 Å². The number of benzene rings is 3. The van der Waals surface area contributed by atoms with E-state index in [1.807, 2.05) is 80.6 Å². The molecule has 5 nitrogen and oxygen atoms in total. The lowest BCUT2D eigenvalue weighted by atomic mass is 9.98. The summed E-state index contributed by atoms with van der Waals surface area (Å²) in [6, 6.07) is 22.5. The maximum absolute atomic E-state index is 6.36. The number of aromatic nitrogens is 3. The van der Waals surface area contributed by atoms with Gasteiger partial charge in [-0.15, -0.1) is 39.5 Å². The number of anilines is 2. The number of allylic oxidation sites excluding steroid dienone is 13. The zero-order valence-corrected chi connectivity index (χ0v) is 33.4. The van der Waals surface area contributed by atoms with E-state index in [1.165, 1.54) is 12.7 Å².